The van der Waals surface area contributed by atoms with E-state index in [1.807, 2.05) is 12.1 Å². The highest BCUT2D eigenvalue weighted by Gasteiger charge is 2.46. The maximum absolute atomic E-state index is 12.5. The van der Waals surface area contributed by atoms with Gasteiger partial charge in [0.2, 0.25) is 5.91 Å². The van der Waals surface area contributed by atoms with E-state index in [2.05, 4.69) is 15.6 Å². The predicted molar refractivity (Wildman–Crippen MR) is 117 cm³/mol. The van der Waals surface area contributed by atoms with Gasteiger partial charge in [0.1, 0.15) is 18.0 Å². The van der Waals surface area contributed by atoms with E-state index < -0.39 is 6.10 Å². The van der Waals surface area contributed by atoms with Crippen molar-refractivity contribution >= 4 is 17.5 Å². The lowest BCUT2D eigenvalue weighted by Gasteiger charge is -2.37. The van der Waals surface area contributed by atoms with Gasteiger partial charge in [0.25, 0.3) is 5.91 Å². The third kappa shape index (κ3) is 4.47. The summed E-state index contributed by atoms with van der Waals surface area (Å²) in [5, 5.41) is 15.8. The Morgan fingerprint density at radius 1 is 1.22 bits per heavy atom. The monoisotopic (exact) mass is 437 g/mol. The number of pyridine rings is 1. The molecule has 4 atom stereocenters. The molecule has 32 heavy (non-hydrogen) atoms. The molecule has 8 nitrogen and oxygen atoms in total. The summed E-state index contributed by atoms with van der Waals surface area (Å²) >= 11 is 0. The molecule has 8 heteroatoms. The number of benzene rings is 1. The Balaban J connectivity index is 1.29. The van der Waals surface area contributed by atoms with Crippen LogP contribution >= 0.6 is 0 Å². The first-order valence-electron chi connectivity index (χ1n) is 11.2. The first-order chi connectivity index (χ1) is 15.6. The van der Waals surface area contributed by atoms with Gasteiger partial charge >= 0.3 is 0 Å². The minimum atomic E-state index is -0.504. The van der Waals surface area contributed by atoms with Gasteiger partial charge in [-0.25, -0.2) is 0 Å². The van der Waals surface area contributed by atoms with E-state index in [9.17, 15) is 14.7 Å². The third-order valence-electron chi connectivity index (χ3n) is 6.38. The Morgan fingerprint density at radius 2 is 2.09 bits per heavy atom. The molecule has 1 aliphatic carbocycles. The second kappa shape index (κ2) is 8.88. The maximum Gasteiger partial charge on any atom is 0.257 e. The number of aliphatic hydroxyl groups is 1. The second-order valence-electron chi connectivity index (χ2n) is 8.80. The van der Waals surface area contributed by atoms with E-state index in [1.165, 1.54) is 19.0 Å². The quantitative estimate of drug-likeness (QED) is 0.613. The van der Waals surface area contributed by atoms with E-state index in [4.69, 9.17) is 9.47 Å². The summed E-state index contributed by atoms with van der Waals surface area (Å²) in [6.45, 7) is 0.549. The number of rotatable bonds is 7. The zero-order valence-electron chi connectivity index (χ0n) is 17.7. The number of aliphatic hydroxyl groups excluding tert-OH is 1. The lowest BCUT2D eigenvalue weighted by molar-refractivity contribution is -0.142. The molecule has 2 amide bonds. The third-order valence-corrected chi connectivity index (χ3v) is 6.38. The van der Waals surface area contributed by atoms with Crippen LogP contribution in [0.1, 0.15) is 47.5 Å². The van der Waals surface area contributed by atoms with Crippen LogP contribution in [0.15, 0.2) is 42.7 Å². The zero-order chi connectivity index (χ0) is 22.1. The van der Waals surface area contributed by atoms with Crippen LogP contribution in [0.5, 0.6) is 5.75 Å². The molecular weight excluding hydrogens is 410 g/mol. The smallest absolute Gasteiger partial charge is 0.257 e. The lowest BCUT2D eigenvalue weighted by Crippen LogP contribution is -2.47. The van der Waals surface area contributed by atoms with Crippen LogP contribution in [0, 0.1) is 5.92 Å². The van der Waals surface area contributed by atoms with Gasteiger partial charge < -0.3 is 25.2 Å². The summed E-state index contributed by atoms with van der Waals surface area (Å²) < 4.78 is 12.1. The summed E-state index contributed by atoms with van der Waals surface area (Å²) in [7, 11) is 0. The molecule has 168 valence electrons. The Kier molecular flexibility index (Phi) is 5.80. The molecule has 0 spiro atoms. The Morgan fingerprint density at radius 3 is 2.84 bits per heavy atom. The number of fused-ring (bicyclic) bond motifs is 3. The Hall–Kier alpha value is -2.97. The van der Waals surface area contributed by atoms with Gasteiger partial charge in [0.05, 0.1) is 24.7 Å². The molecule has 0 bridgehead atoms. The van der Waals surface area contributed by atoms with Gasteiger partial charge in [-0.05, 0) is 55.5 Å². The van der Waals surface area contributed by atoms with Crippen molar-refractivity contribution in [2.24, 2.45) is 5.92 Å². The number of carbonyl (C=O) groups excluding carboxylic acids is 2. The highest BCUT2D eigenvalue weighted by Crippen LogP contribution is 2.47. The zero-order valence-corrected chi connectivity index (χ0v) is 17.7. The largest absolute Gasteiger partial charge is 0.487 e. The van der Waals surface area contributed by atoms with Gasteiger partial charge in [-0.15, -0.1) is 0 Å². The molecule has 2 aromatic rings. The van der Waals surface area contributed by atoms with Crippen LogP contribution in [0.4, 0.5) is 5.69 Å². The van der Waals surface area contributed by atoms with Gasteiger partial charge in [0.15, 0.2) is 0 Å². The number of carbonyl (C=O) groups is 2. The Bertz CT molecular complexity index is 994. The van der Waals surface area contributed by atoms with Crippen molar-refractivity contribution in [1.82, 2.24) is 10.3 Å². The van der Waals surface area contributed by atoms with Gasteiger partial charge in [-0.2, -0.15) is 0 Å². The first-order valence-corrected chi connectivity index (χ1v) is 11.2. The van der Waals surface area contributed by atoms with Crippen LogP contribution in [-0.2, 0) is 9.53 Å². The van der Waals surface area contributed by atoms with Crippen molar-refractivity contribution in [3.63, 3.8) is 0 Å². The number of nitrogens with zero attached hydrogens (tertiary/aromatic N) is 1. The van der Waals surface area contributed by atoms with Crippen molar-refractivity contribution in [2.75, 3.05) is 18.5 Å². The average Bonchev–Trinajstić information content (AvgIpc) is 3.58. The highest BCUT2D eigenvalue weighted by atomic mass is 16.6. The summed E-state index contributed by atoms with van der Waals surface area (Å²) in [6.07, 6.45) is 5.27. The molecule has 3 N–H and O–H groups in total. The molecule has 2 aliphatic heterocycles. The fraction of sp³-hybridized carbons (Fsp3) is 0.458. The minimum absolute atomic E-state index is 0.0198. The number of aromatic nitrogens is 1. The molecule has 2 fully saturated rings. The van der Waals surface area contributed by atoms with E-state index >= 15 is 0 Å². The molecule has 1 aromatic carbocycles. The van der Waals surface area contributed by atoms with E-state index in [-0.39, 0.29) is 43.0 Å². The van der Waals surface area contributed by atoms with Crippen LogP contribution in [0.2, 0.25) is 0 Å². The predicted octanol–water partition coefficient (Wildman–Crippen LogP) is 2.24. The minimum Gasteiger partial charge on any atom is -0.487 e. The van der Waals surface area contributed by atoms with Gasteiger partial charge in [-0.1, -0.05) is 0 Å². The Labute approximate surface area is 186 Å². The van der Waals surface area contributed by atoms with Crippen molar-refractivity contribution in [2.45, 2.75) is 49.9 Å². The lowest BCUT2D eigenvalue weighted by atomic mass is 9.84. The average molecular weight is 437 g/mol. The van der Waals surface area contributed by atoms with Crippen molar-refractivity contribution in [1.29, 1.82) is 0 Å². The molecule has 3 aliphatic rings. The van der Waals surface area contributed by atoms with E-state index in [0.717, 1.165) is 17.9 Å². The van der Waals surface area contributed by atoms with E-state index in [1.54, 1.807) is 24.4 Å². The molecule has 1 saturated heterocycles. The fourth-order valence-corrected chi connectivity index (χ4v) is 4.53. The number of amides is 2. The molecule has 1 saturated carbocycles. The highest BCUT2D eigenvalue weighted by molar-refractivity contribution is 6.04. The van der Waals surface area contributed by atoms with Crippen molar-refractivity contribution < 1.29 is 24.2 Å². The molecule has 0 radical (unpaired) electrons. The second-order valence-corrected chi connectivity index (χ2v) is 8.80. The summed E-state index contributed by atoms with van der Waals surface area (Å²) in [5.41, 5.74) is 2.10. The molecule has 1 aromatic heterocycles. The van der Waals surface area contributed by atoms with Crippen molar-refractivity contribution in [3.05, 3.63) is 53.9 Å². The molecule has 5 rings (SSSR count). The maximum atomic E-state index is 12.5. The van der Waals surface area contributed by atoms with Crippen LogP contribution in [0.25, 0.3) is 0 Å². The number of ether oxygens (including phenoxy) is 2. The van der Waals surface area contributed by atoms with Gasteiger partial charge in [-0.3, -0.25) is 14.6 Å². The van der Waals surface area contributed by atoms with Crippen LogP contribution in [0.3, 0.4) is 0 Å². The topological polar surface area (TPSA) is 110 Å². The van der Waals surface area contributed by atoms with Crippen LogP contribution in [-0.4, -0.2) is 53.4 Å². The number of anilines is 1. The number of hydrogen-bond donors (Lipinski definition) is 3. The first kappa shape index (κ1) is 20.9. The fourth-order valence-electron chi connectivity index (χ4n) is 4.53. The summed E-state index contributed by atoms with van der Waals surface area (Å²) in [6, 6.07) is 8.96. The standard InChI is InChI=1S/C24H27N3O5/c28-13-21-23-19(9-17(31-21)10-22(29)26-11-14-3-4-14)18-8-16(5-6-20(18)32-23)27-24(30)15-2-1-7-25-12-15/h1-2,5-8,12,14,17,19,21,23,28H,3-4,9-11,13H2,(H,26,29)(H,27,30)/t17-,19-,21+,23+/m1/s1. The van der Waals surface area contributed by atoms with Crippen molar-refractivity contribution in [3.8, 4) is 5.75 Å². The number of hydrogen-bond acceptors (Lipinski definition) is 6. The summed E-state index contributed by atoms with van der Waals surface area (Å²) in [5.74, 6) is 1.07. The van der Waals surface area contributed by atoms with E-state index in [0.29, 0.717) is 23.6 Å². The molecule has 0 unspecified atom stereocenters. The molecular formula is C24H27N3O5. The summed E-state index contributed by atoms with van der Waals surface area (Å²) in [4.78, 5) is 28.8. The molecule has 3 heterocycles. The normalized spacial score (nSPS) is 25.9. The SMILES string of the molecule is O=C(C[C@H]1C[C@@H]2c3cc(NC(=O)c4cccnc4)ccc3O[C@@H]2[C@H](CO)O1)NCC1CC1. The van der Waals surface area contributed by atoms with Gasteiger partial charge in [0, 0.05) is 36.1 Å². The number of nitrogens with one attached hydrogen (secondary N) is 2. The van der Waals surface area contributed by atoms with Crippen LogP contribution < -0.4 is 15.4 Å².